The van der Waals surface area contributed by atoms with Gasteiger partial charge in [-0.05, 0) is 81.9 Å². The van der Waals surface area contributed by atoms with Crippen LogP contribution in [0.5, 0.6) is 11.5 Å². The fourth-order valence-corrected chi connectivity index (χ4v) is 4.72. The van der Waals surface area contributed by atoms with E-state index in [2.05, 4.69) is 108 Å². The molecule has 0 heterocycles. The molecule has 4 heteroatoms. The Balaban J connectivity index is 0.000000175. The number of para-hydroxylation sites is 2. The maximum atomic E-state index is 5.19. The number of ether oxygens (including phenoxy) is 2. The molecule has 6 aromatic carbocycles. The van der Waals surface area contributed by atoms with Gasteiger partial charge in [-0.2, -0.15) is 0 Å². The van der Waals surface area contributed by atoms with Crippen LogP contribution < -0.4 is 20.1 Å². The molecule has 0 amide bonds. The molecule has 0 aliphatic rings. The van der Waals surface area contributed by atoms with E-state index in [0.717, 1.165) is 36.0 Å². The van der Waals surface area contributed by atoms with Crippen LogP contribution in [0.25, 0.3) is 22.3 Å². The third-order valence-electron chi connectivity index (χ3n) is 7.30. The average molecular weight is 579 g/mol. The molecule has 44 heavy (non-hydrogen) atoms. The lowest BCUT2D eigenvalue weighted by molar-refractivity contribution is 0.415. The van der Waals surface area contributed by atoms with Crippen molar-refractivity contribution >= 4 is 11.4 Å². The Kier molecular flexibility index (Phi) is 10.7. The summed E-state index contributed by atoms with van der Waals surface area (Å²) in [4.78, 5) is 0. The highest BCUT2D eigenvalue weighted by Gasteiger charge is 2.01. The summed E-state index contributed by atoms with van der Waals surface area (Å²) in [5, 5.41) is 6.84. The Hall–Kier alpha value is -5.48. The summed E-state index contributed by atoms with van der Waals surface area (Å²) in [5.74, 6) is 1.76. The Morgan fingerprint density at radius 3 is 0.955 bits per heavy atom. The zero-order valence-corrected chi connectivity index (χ0v) is 25.2. The van der Waals surface area contributed by atoms with Crippen LogP contribution in [0.2, 0.25) is 0 Å². The third-order valence-corrected chi connectivity index (χ3v) is 7.30. The minimum atomic E-state index is 0.826. The lowest BCUT2D eigenvalue weighted by atomic mass is 10.0. The monoisotopic (exact) mass is 578 g/mol. The molecule has 0 saturated carbocycles. The van der Waals surface area contributed by atoms with Gasteiger partial charge >= 0.3 is 0 Å². The van der Waals surface area contributed by atoms with Gasteiger partial charge in [0.05, 0.1) is 14.2 Å². The molecule has 0 aromatic heterocycles. The van der Waals surface area contributed by atoms with Gasteiger partial charge < -0.3 is 20.1 Å². The van der Waals surface area contributed by atoms with Crippen LogP contribution >= 0.6 is 0 Å². The number of benzene rings is 6. The topological polar surface area (TPSA) is 42.5 Å². The molecule has 2 N–H and O–H groups in total. The van der Waals surface area contributed by atoms with Crippen molar-refractivity contribution < 1.29 is 9.47 Å². The summed E-state index contributed by atoms with van der Waals surface area (Å²) in [6.45, 7) is 1.65. The van der Waals surface area contributed by atoms with Gasteiger partial charge in [0.1, 0.15) is 11.5 Å². The van der Waals surface area contributed by atoms with E-state index in [-0.39, 0.29) is 0 Å². The summed E-state index contributed by atoms with van der Waals surface area (Å²) in [6.07, 6.45) is 0. The molecule has 0 spiro atoms. The predicted octanol–water partition coefficient (Wildman–Crippen LogP) is 9.95. The molecule has 4 nitrogen and oxygen atoms in total. The minimum Gasteiger partial charge on any atom is -0.497 e. The zero-order chi connectivity index (χ0) is 30.4. The fourth-order valence-electron chi connectivity index (χ4n) is 4.72. The largest absolute Gasteiger partial charge is 0.497 e. The molecule has 0 atom stereocenters. The van der Waals surface area contributed by atoms with Gasteiger partial charge in [0.2, 0.25) is 0 Å². The lowest BCUT2D eigenvalue weighted by Gasteiger charge is -2.08. The first-order valence-corrected chi connectivity index (χ1v) is 14.7. The summed E-state index contributed by atoms with van der Waals surface area (Å²) >= 11 is 0. The highest BCUT2D eigenvalue weighted by molar-refractivity contribution is 5.65. The van der Waals surface area contributed by atoms with Crippen molar-refractivity contribution in [3.8, 4) is 33.8 Å². The second-order valence-electron chi connectivity index (χ2n) is 10.3. The van der Waals surface area contributed by atoms with Crippen LogP contribution in [-0.4, -0.2) is 14.2 Å². The highest BCUT2D eigenvalue weighted by atomic mass is 16.5. The Morgan fingerprint density at radius 1 is 0.364 bits per heavy atom. The molecule has 220 valence electrons. The number of hydrogen-bond donors (Lipinski definition) is 2. The van der Waals surface area contributed by atoms with Crippen LogP contribution in [0.15, 0.2) is 158 Å². The maximum absolute atomic E-state index is 5.19. The molecule has 0 unspecified atom stereocenters. The summed E-state index contributed by atoms with van der Waals surface area (Å²) in [7, 11) is 3.37. The quantitative estimate of drug-likeness (QED) is 0.170. The van der Waals surface area contributed by atoms with Crippen molar-refractivity contribution in [3.05, 3.63) is 169 Å². The van der Waals surface area contributed by atoms with E-state index in [4.69, 9.17) is 9.47 Å². The van der Waals surface area contributed by atoms with Crippen molar-refractivity contribution in [2.24, 2.45) is 0 Å². The molecular formula is C40H38N2O2. The van der Waals surface area contributed by atoms with Gasteiger partial charge in [-0.15, -0.1) is 0 Å². The Morgan fingerprint density at radius 2 is 0.659 bits per heavy atom. The first-order chi connectivity index (χ1) is 21.7. The van der Waals surface area contributed by atoms with Crippen molar-refractivity contribution in [1.82, 2.24) is 0 Å². The van der Waals surface area contributed by atoms with Crippen LogP contribution in [0, 0.1) is 0 Å². The standard InChI is InChI=1S/2C20H19NO/c2*1-22-20-13-11-18(12-14-20)17-9-7-16(8-10-17)15-21-19-5-3-2-4-6-19/h2*2-14,21H,15H2,1H3. The summed E-state index contributed by atoms with van der Waals surface area (Å²) in [5.41, 5.74) is 9.63. The van der Waals surface area contributed by atoms with Crippen LogP contribution in [-0.2, 0) is 13.1 Å². The molecule has 0 radical (unpaired) electrons. The van der Waals surface area contributed by atoms with E-state index in [1.807, 2.05) is 60.7 Å². The molecule has 0 aliphatic heterocycles. The Bertz CT molecular complexity index is 1540. The molecule has 0 saturated heterocycles. The van der Waals surface area contributed by atoms with Crippen LogP contribution in [0.4, 0.5) is 11.4 Å². The van der Waals surface area contributed by atoms with Gasteiger partial charge in [0, 0.05) is 24.5 Å². The fraction of sp³-hybridized carbons (Fsp3) is 0.100. The number of hydrogen-bond acceptors (Lipinski definition) is 4. The lowest BCUT2D eigenvalue weighted by Crippen LogP contribution is -1.98. The smallest absolute Gasteiger partial charge is 0.118 e. The zero-order valence-electron chi connectivity index (χ0n) is 25.2. The van der Waals surface area contributed by atoms with Crippen LogP contribution in [0.1, 0.15) is 11.1 Å². The molecule has 6 aromatic rings. The van der Waals surface area contributed by atoms with Crippen molar-refractivity contribution in [2.45, 2.75) is 13.1 Å². The van der Waals surface area contributed by atoms with Crippen molar-refractivity contribution in [1.29, 1.82) is 0 Å². The van der Waals surface area contributed by atoms with E-state index < -0.39 is 0 Å². The molecular weight excluding hydrogens is 540 g/mol. The molecule has 0 fully saturated rings. The van der Waals surface area contributed by atoms with E-state index >= 15 is 0 Å². The van der Waals surface area contributed by atoms with Gasteiger partial charge in [-0.1, -0.05) is 109 Å². The van der Waals surface area contributed by atoms with Gasteiger partial charge in [0.15, 0.2) is 0 Å². The van der Waals surface area contributed by atoms with E-state index in [1.54, 1.807) is 14.2 Å². The first kappa shape index (κ1) is 30.0. The maximum Gasteiger partial charge on any atom is 0.118 e. The number of nitrogens with one attached hydrogen (secondary N) is 2. The van der Waals surface area contributed by atoms with Gasteiger partial charge in [0.25, 0.3) is 0 Å². The normalized spacial score (nSPS) is 10.2. The third kappa shape index (κ3) is 8.76. The number of methoxy groups -OCH3 is 2. The molecule has 0 aliphatic carbocycles. The van der Waals surface area contributed by atoms with Crippen LogP contribution in [0.3, 0.4) is 0 Å². The molecule has 0 bridgehead atoms. The number of anilines is 2. The SMILES string of the molecule is COc1ccc(-c2ccc(CNc3ccccc3)cc2)cc1.COc1ccc(-c2ccc(CNc3ccccc3)cc2)cc1. The summed E-state index contributed by atoms with van der Waals surface area (Å²) in [6, 6.07) is 54.0. The Labute approximate surface area is 261 Å². The van der Waals surface area contributed by atoms with Crippen molar-refractivity contribution in [2.75, 3.05) is 24.9 Å². The predicted molar refractivity (Wildman–Crippen MR) is 184 cm³/mol. The van der Waals surface area contributed by atoms with E-state index in [9.17, 15) is 0 Å². The van der Waals surface area contributed by atoms with Gasteiger partial charge in [-0.3, -0.25) is 0 Å². The first-order valence-electron chi connectivity index (χ1n) is 14.7. The average Bonchev–Trinajstić information content (AvgIpc) is 3.11. The van der Waals surface area contributed by atoms with Gasteiger partial charge in [-0.25, -0.2) is 0 Å². The summed E-state index contributed by atoms with van der Waals surface area (Å²) < 4.78 is 10.4. The molecule has 6 rings (SSSR count). The second kappa shape index (κ2) is 15.7. The highest BCUT2D eigenvalue weighted by Crippen LogP contribution is 2.24. The van der Waals surface area contributed by atoms with E-state index in [0.29, 0.717) is 0 Å². The van der Waals surface area contributed by atoms with Crippen molar-refractivity contribution in [3.63, 3.8) is 0 Å². The number of rotatable bonds is 10. The van der Waals surface area contributed by atoms with E-state index in [1.165, 1.54) is 33.4 Å². The second-order valence-corrected chi connectivity index (χ2v) is 10.3. The minimum absolute atomic E-state index is 0.826.